The highest BCUT2D eigenvalue weighted by Gasteiger charge is 2.30. The van der Waals surface area contributed by atoms with Gasteiger partial charge in [-0.15, -0.1) is 0 Å². The first-order valence-electron chi connectivity index (χ1n) is 6.66. The number of anilines is 1. The van der Waals surface area contributed by atoms with Gasteiger partial charge in [-0.25, -0.2) is 4.79 Å². The van der Waals surface area contributed by atoms with Crippen molar-refractivity contribution in [3.8, 4) is 0 Å². The number of ether oxygens (including phenoxy) is 1. The maximum atomic E-state index is 12.4. The molecule has 0 fully saturated rings. The molecule has 0 aromatic heterocycles. The van der Waals surface area contributed by atoms with E-state index in [1.54, 1.807) is 24.3 Å². The van der Waals surface area contributed by atoms with Gasteiger partial charge in [0.05, 0.1) is 11.1 Å². The van der Waals surface area contributed by atoms with Gasteiger partial charge in [-0.3, -0.25) is 4.79 Å². The molecule has 0 saturated carbocycles. The Balaban J connectivity index is 1.90. The molecule has 0 aliphatic heterocycles. The summed E-state index contributed by atoms with van der Waals surface area (Å²) in [5, 5.41) is 2.36. The molecule has 0 atom stereocenters. The molecule has 8 heteroatoms. The fraction of sp³-hybridized carbons (Fsp3) is 0.125. The summed E-state index contributed by atoms with van der Waals surface area (Å²) in [7, 11) is 0. The second-order valence-corrected chi connectivity index (χ2v) is 5.84. The van der Waals surface area contributed by atoms with Crippen molar-refractivity contribution in [1.82, 2.24) is 0 Å². The predicted molar refractivity (Wildman–Crippen MR) is 89.5 cm³/mol. The van der Waals surface area contributed by atoms with Crippen LogP contribution in [0.3, 0.4) is 0 Å². The maximum Gasteiger partial charge on any atom is 0.416 e. The Bertz CT molecular complexity index is 745. The van der Waals surface area contributed by atoms with E-state index in [0.29, 0.717) is 9.13 Å². The van der Waals surface area contributed by atoms with Crippen molar-refractivity contribution in [3.05, 3.63) is 63.2 Å². The summed E-state index contributed by atoms with van der Waals surface area (Å²) in [5.74, 6) is -1.29. The molecule has 4 nitrogen and oxygen atoms in total. The molecule has 2 aromatic rings. The lowest BCUT2D eigenvalue weighted by Gasteiger charge is -2.09. The molecule has 0 aliphatic rings. The van der Waals surface area contributed by atoms with Crippen LogP contribution in [-0.4, -0.2) is 18.5 Å². The van der Waals surface area contributed by atoms with Crippen molar-refractivity contribution in [2.75, 3.05) is 11.9 Å². The Hall–Kier alpha value is -2.10. The van der Waals surface area contributed by atoms with Gasteiger partial charge in [-0.05, 0) is 59.0 Å². The molecule has 24 heavy (non-hydrogen) atoms. The van der Waals surface area contributed by atoms with Gasteiger partial charge < -0.3 is 10.1 Å². The van der Waals surface area contributed by atoms with Crippen LogP contribution in [0, 0.1) is 3.57 Å². The normalized spacial score (nSPS) is 11.0. The number of halogens is 4. The minimum Gasteiger partial charge on any atom is -0.452 e. The summed E-state index contributed by atoms with van der Waals surface area (Å²) in [5.41, 5.74) is -0.302. The second kappa shape index (κ2) is 7.65. The summed E-state index contributed by atoms with van der Waals surface area (Å²) < 4.78 is 42.9. The average molecular weight is 449 g/mol. The van der Waals surface area contributed by atoms with E-state index in [0.717, 1.165) is 24.3 Å². The van der Waals surface area contributed by atoms with Crippen molar-refractivity contribution in [2.45, 2.75) is 6.18 Å². The summed E-state index contributed by atoms with van der Waals surface area (Å²) in [4.78, 5) is 23.5. The van der Waals surface area contributed by atoms with E-state index in [1.807, 2.05) is 22.6 Å². The second-order valence-electron chi connectivity index (χ2n) is 4.68. The van der Waals surface area contributed by atoms with Gasteiger partial charge in [0.1, 0.15) is 0 Å². The standard InChI is InChI=1S/C16H11F3INO3/c17-16(18,19)10-5-7-11(8-6-10)21-14(22)9-24-15(23)12-3-1-2-4-13(12)20/h1-8H,9H2,(H,21,22). The summed E-state index contributed by atoms with van der Waals surface area (Å²) in [6, 6.07) is 10.7. The van der Waals surface area contributed by atoms with Crippen LogP contribution in [0.15, 0.2) is 48.5 Å². The Morgan fingerprint density at radius 3 is 2.25 bits per heavy atom. The third-order valence-electron chi connectivity index (χ3n) is 2.92. The number of carbonyl (C=O) groups is 2. The average Bonchev–Trinajstić information content (AvgIpc) is 2.53. The predicted octanol–water partition coefficient (Wildman–Crippen LogP) is 4.11. The number of carbonyl (C=O) groups excluding carboxylic acids is 2. The van der Waals surface area contributed by atoms with Gasteiger partial charge in [0, 0.05) is 9.26 Å². The molecule has 1 N–H and O–H groups in total. The zero-order valence-electron chi connectivity index (χ0n) is 12.1. The first-order chi connectivity index (χ1) is 11.3. The molecule has 0 unspecified atom stereocenters. The van der Waals surface area contributed by atoms with Crippen LogP contribution < -0.4 is 5.32 Å². The third-order valence-corrected chi connectivity index (χ3v) is 3.86. The van der Waals surface area contributed by atoms with E-state index in [9.17, 15) is 22.8 Å². The van der Waals surface area contributed by atoms with E-state index in [2.05, 4.69) is 5.32 Å². The van der Waals surface area contributed by atoms with Gasteiger partial charge in [-0.1, -0.05) is 12.1 Å². The number of nitrogens with one attached hydrogen (secondary N) is 1. The number of hydrogen-bond donors (Lipinski definition) is 1. The Labute approximate surface area is 149 Å². The smallest absolute Gasteiger partial charge is 0.416 e. The molecule has 2 aromatic carbocycles. The first kappa shape index (κ1) is 18.2. The summed E-state index contributed by atoms with van der Waals surface area (Å²) in [6.45, 7) is -0.537. The highest BCUT2D eigenvalue weighted by atomic mass is 127. The van der Waals surface area contributed by atoms with E-state index in [1.165, 1.54) is 0 Å². The quantitative estimate of drug-likeness (QED) is 0.565. The minimum absolute atomic E-state index is 0.179. The largest absolute Gasteiger partial charge is 0.452 e. The van der Waals surface area contributed by atoms with E-state index < -0.39 is 30.2 Å². The number of benzene rings is 2. The number of esters is 1. The van der Waals surface area contributed by atoms with Gasteiger partial charge in [0.2, 0.25) is 0 Å². The zero-order chi connectivity index (χ0) is 17.7. The molecule has 0 radical (unpaired) electrons. The summed E-state index contributed by atoms with van der Waals surface area (Å²) >= 11 is 1.97. The fourth-order valence-corrected chi connectivity index (χ4v) is 2.38. The van der Waals surface area contributed by atoms with Gasteiger partial charge in [-0.2, -0.15) is 13.2 Å². The molecule has 0 saturated heterocycles. The number of rotatable bonds is 4. The molecule has 0 heterocycles. The fourth-order valence-electron chi connectivity index (χ4n) is 1.78. The van der Waals surface area contributed by atoms with E-state index in [-0.39, 0.29) is 5.69 Å². The Morgan fingerprint density at radius 2 is 1.67 bits per heavy atom. The van der Waals surface area contributed by atoms with Crippen molar-refractivity contribution >= 4 is 40.2 Å². The van der Waals surface area contributed by atoms with Crippen LogP contribution in [-0.2, 0) is 15.7 Å². The molecule has 126 valence electrons. The van der Waals surface area contributed by atoms with Crippen LogP contribution in [0.25, 0.3) is 0 Å². The van der Waals surface area contributed by atoms with Crippen molar-refractivity contribution < 1.29 is 27.5 Å². The van der Waals surface area contributed by atoms with Crippen LogP contribution in [0.2, 0.25) is 0 Å². The number of hydrogen-bond acceptors (Lipinski definition) is 3. The van der Waals surface area contributed by atoms with Crippen LogP contribution >= 0.6 is 22.6 Å². The highest BCUT2D eigenvalue weighted by Crippen LogP contribution is 2.29. The SMILES string of the molecule is O=C(COC(=O)c1ccccc1I)Nc1ccc(C(F)(F)F)cc1. The lowest BCUT2D eigenvalue weighted by molar-refractivity contribution is -0.137. The van der Waals surface area contributed by atoms with Crippen molar-refractivity contribution in [3.63, 3.8) is 0 Å². The van der Waals surface area contributed by atoms with Gasteiger partial charge >= 0.3 is 12.1 Å². The molecular formula is C16H11F3INO3. The molecule has 0 spiro atoms. The maximum absolute atomic E-state index is 12.4. The Kier molecular flexibility index (Phi) is 5.81. The monoisotopic (exact) mass is 449 g/mol. The zero-order valence-corrected chi connectivity index (χ0v) is 14.2. The van der Waals surface area contributed by atoms with Crippen molar-refractivity contribution in [1.29, 1.82) is 0 Å². The molecule has 0 aliphatic carbocycles. The van der Waals surface area contributed by atoms with E-state index in [4.69, 9.17) is 4.74 Å². The molecule has 1 amide bonds. The minimum atomic E-state index is -4.44. The van der Waals surface area contributed by atoms with Gasteiger partial charge in [0.25, 0.3) is 5.91 Å². The Morgan fingerprint density at radius 1 is 1.04 bits per heavy atom. The number of amides is 1. The number of alkyl halides is 3. The molecule has 0 bridgehead atoms. The lowest BCUT2D eigenvalue weighted by Crippen LogP contribution is -2.21. The molecule has 2 rings (SSSR count). The molecular weight excluding hydrogens is 438 g/mol. The van der Waals surface area contributed by atoms with Crippen LogP contribution in [0.1, 0.15) is 15.9 Å². The lowest BCUT2D eigenvalue weighted by atomic mass is 10.2. The van der Waals surface area contributed by atoms with Crippen LogP contribution in [0.4, 0.5) is 18.9 Å². The topological polar surface area (TPSA) is 55.4 Å². The first-order valence-corrected chi connectivity index (χ1v) is 7.74. The highest BCUT2D eigenvalue weighted by molar-refractivity contribution is 14.1. The third kappa shape index (κ3) is 4.95. The summed E-state index contributed by atoms with van der Waals surface area (Å²) in [6.07, 6.45) is -4.44. The van der Waals surface area contributed by atoms with Crippen LogP contribution in [0.5, 0.6) is 0 Å². The van der Waals surface area contributed by atoms with Gasteiger partial charge in [0.15, 0.2) is 6.61 Å². The van der Waals surface area contributed by atoms with E-state index >= 15 is 0 Å². The van der Waals surface area contributed by atoms with Crippen molar-refractivity contribution in [2.24, 2.45) is 0 Å².